The zero-order chi connectivity index (χ0) is 20.1. The lowest BCUT2D eigenvalue weighted by atomic mass is 10.1. The second-order valence-corrected chi connectivity index (χ2v) is 7.49. The summed E-state index contributed by atoms with van der Waals surface area (Å²) in [6.07, 6.45) is 1.56. The number of para-hydroxylation sites is 1. The summed E-state index contributed by atoms with van der Waals surface area (Å²) < 4.78 is 24.5. The molecule has 2 aromatic rings. The van der Waals surface area contributed by atoms with Gasteiger partial charge in [-0.2, -0.15) is 0 Å². The van der Waals surface area contributed by atoms with Crippen LogP contribution in [0.15, 0.2) is 42.5 Å². The minimum Gasteiger partial charge on any atom is -0.467 e. The Morgan fingerprint density at radius 2 is 2.07 bits per heavy atom. The molecule has 0 bridgehead atoms. The number of benzene rings is 2. The van der Waals surface area contributed by atoms with E-state index in [2.05, 4.69) is 27.7 Å². The molecule has 0 spiro atoms. The predicted octanol–water partition coefficient (Wildman–Crippen LogP) is 3.06. The van der Waals surface area contributed by atoms with E-state index in [0.29, 0.717) is 43.3 Å². The van der Waals surface area contributed by atoms with Gasteiger partial charge in [0.25, 0.3) is 0 Å². The van der Waals surface area contributed by atoms with Crippen LogP contribution in [-0.4, -0.2) is 39.0 Å². The monoisotopic (exact) mass is 399 g/mol. The van der Waals surface area contributed by atoms with E-state index in [-0.39, 0.29) is 18.6 Å². The van der Waals surface area contributed by atoms with E-state index in [1.165, 1.54) is 17.8 Å². The number of carbonyl (C=O) groups is 1. The molecule has 2 amide bonds. The van der Waals surface area contributed by atoms with Gasteiger partial charge in [0, 0.05) is 37.4 Å². The van der Waals surface area contributed by atoms with Gasteiger partial charge in [0.15, 0.2) is 6.79 Å². The quantitative estimate of drug-likeness (QED) is 0.784. The molecule has 6 nitrogen and oxygen atoms in total. The van der Waals surface area contributed by atoms with Crippen molar-refractivity contribution in [3.05, 3.63) is 59.4 Å². The molecule has 7 heteroatoms. The second kappa shape index (κ2) is 9.13. The zero-order valence-electron chi connectivity index (χ0n) is 16.3. The number of hydrogen-bond donors (Lipinski definition) is 2. The normalized spacial score (nSPS) is 18.1. The highest BCUT2D eigenvalue weighted by atomic mass is 19.1. The molecule has 0 radical (unpaired) electrons. The summed E-state index contributed by atoms with van der Waals surface area (Å²) in [6.45, 7) is 3.51. The van der Waals surface area contributed by atoms with E-state index < -0.39 is 0 Å². The van der Waals surface area contributed by atoms with Gasteiger partial charge in [-0.1, -0.05) is 18.2 Å². The summed E-state index contributed by atoms with van der Waals surface area (Å²) in [7, 11) is 0. The van der Waals surface area contributed by atoms with Gasteiger partial charge < -0.3 is 25.0 Å². The maximum Gasteiger partial charge on any atom is 0.314 e. The summed E-state index contributed by atoms with van der Waals surface area (Å²) in [5.74, 6) is 0.790. The van der Waals surface area contributed by atoms with Crippen LogP contribution in [-0.2, 0) is 17.8 Å². The van der Waals surface area contributed by atoms with Crippen molar-refractivity contribution in [1.29, 1.82) is 0 Å². The summed E-state index contributed by atoms with van der Waals surface area (Å²) in [4.78, 5) is 14.5. The van der Waals surface area contributed by atoms with Crippen LogP contribution in [0.3, 0.4) is 0 Å². The van der Waals surface area contributed by atoms with Gasteiger partial charge in [-0.15, -0.1) is 0 Å². The SMILES string of the molecule is O=C(NCCc1cc(F)cc2c1OCOC2)NCC1CCN(c2ccccc2)C1. The van der Waals surface area contributed by atoms with Gasteiger partial charge >= 0.3 is 6.03 Å². The fourth-order valence-electron chi connectivity index (χ4n) is 3.93. The lowest BCUT2D eigenvalue weighted by molar-refractivity contribution is -0.0172. The molecule has 0 saturated carbocycles. The Kier molecular flexibility index (Phi) is 6.14. The molecule has 0 aliphatic carbocycles. The minimum absolute atomic E-state index is 0.168. The maximum atomic E-state index is 13.8. The molecule has 0 aromatic heterocycles. The standard InChI is InChI=1S/C22H26FN3O3/c23-19-10-17(21-18(11-19)14-28-15-29-21)6-8-24-22(27)25-12-16-7-9-26(13-16)20-4-2-1-3-5-20/h1-5,10-11,16H,6-9,12-15H2,(H2,24,25,27). The topological polar surface area (TPSA) is 62.8 Å². The highest BCUT2D eigenvalue weighted by Gasteiger charge is 2.23. The van der Waals surface area contributed by atoms with Crippen LogP contribution >= 0.6 is 0 Å². The number of carbonyl (C=O) groups excluding carboxylic acids is 1. The largest absolute Gasteiger partial charge is 0.467 e. The third-order valence-electron chi connectivity index (χ3n) is 5.39. The fourth-order valence-corrected chi connectivity index (χ4v) is 3.93. The number of rotatable bonds is 6. The van der Waals surface area contributed by atoms with Crippen molar-refractivity contribution in [3.8, 4) is 5.75 Å². The predicted molar refractivity (Wildman–Crippen MR) is 109 cm³/mol. The Balaban J connectivity index is 1.20. The van der Waals surface area contributed by atoms with E-state index in [1.54, 1.807) is 0 Å². The first kappa shape index (κ1) is 19.5. The van der Waals surface area contributed by atoms with Crippen molar-refractivity contribution in [2.24, 2.45) is 5.92 Å². The van der Waals surface area contributed by atoms with Gasteiger partial charge in [-0.05, 0) is 48.6 Å². The van der Waals surface area contributed by atoms with Gasteiger partial charge in [-0.3, -0.25) is 0 Å². The molecule has 1 atom stereocenters. The molecule has 2 aliphatic heterocycles. The van der Waals surface area contributed by atoms with Crippen molar-refractivity contribution >= 4 is 11.7 Å². The molecule has 154 valence electrons. The highest BCUT2D eigenvalue weighted by molar-refractivity contribution is 5.73. The number of nitrogens with zero attached hydrogens (tertiary/aromatic N) is 1. The van der Waals surface area contributed by atoms with E-state index in [1.807, 2.05) is 18.2 Å². The van der Waals surface area contributed by atoms with Crippen molar-refractivity contribution in [3.63, 3.8) is 0 Å². The van der Waals surface area contributed by atoms with Crippen molar-refractivity contribution < 1.29 is 18.7 Å². The zero-order valence-corrected chi connectivity index (χ0v) is 16.3. The maximum absolute atomic E-state index is 13.8. The van der Waals surface area contributed by atoms with Crippen molar-refractivity contribution in [2.45, 2.75) is 19.4 Å². The summed E-state index contributed by atoms with van der Waals surface area (Å²) >= 11 is 0. The van der Waals surface area contributed by atoms with Crippen molar-refractivity contribution in [1.82, 2.24) is 10.6 Å². The number of hydrogen-bond acceptors (Lipinski definition) is 4. The second-order valence-electron chi connectivity index (χ2n) is 7.49. The van der Waals surface area contributed by atoms with Crippen LogP contribution in [0.4, 0.5) is 14.9 Å². The summed E-state index contributed by atoms with van der Waals surface area (Å²) in [6, 6.07) is 13.0. The van der Waals surface area contributed by atoms with Gasteiger partial charge in [-0.25, -0.2) is 9.18 Å². The Morgan fingerprint density at radius 3 is 2.93 bits per heavy atom. The van der Waals surface area contributed by atoms with Crippen molar-refractivity contribution in [2.75, 3.05) is 37.9 Å². The third kappa shape index (κ3) is 4.98. The van der Waals surface area contributed by atoms with Crippen LogP contribution in [0.25, 0.3) is 0 Å². The number of ether oxygens (including phenoxy) is 2. The van der Waals surface area contributed by atoms with Gasteiger partial charge in [0.2, 0.25) is 0 Å². The highest BCUT2D eigenvalue weighted by Crippen LogP contribution is 2.29. The van der Waals surface area contributed by atoms with Gasteiger partial charge in [0.1, 0.15) is 11.6 Å². The Hall–Kier alpha value is -2.80. The molecule has 2 heterocycles. The van der Waals surface area contributed by atoms with E-state index in [0.717, 1.165) is 25.1 Å². The molecule has 2 aliphatic rings. The molecular formula is C22H26FN3O3. The number of fused-ring (bicyclic) bond motifs is 1. The van der Waals surface area contributed by atoms with Gasteiger partial charge in [0.05, 0.1) is 6.61 Å². The van der Waals surface area contributed by atoms with Crippen LogP contribution in [0.1, 0.15) is 17.5 Å². The van der Waals surface area contributed by atoms with E-state index >= 15 is 0 Å². The van der Waals surface area contributed by atoms with Crippen LogP contribution < -0.4 is 20.3 Å². The van der Waals surface area contributed by atoms with E-state index in [4.69, 9.17) is 9.47 Å². The number of halogens is 1. The molecular weight excluding hydrogens is 373 g/mol. The molecule has 4 rings (SSSR count). The number of urea groups is 1. The smallest absolute Gasteiger partial charge is 0.314 e. The molecule has 1 fully saturated rings. The third-order valence-corrected chi connectivity index (χ3v) is 5.39. The number of amides is 2. The molecule has 1 unspecified atom stereocenters. The number of nitrogens with one attached hydrogen (secondary N) is 2. The minimum atomic E-state index is -0.318. The fraction of sp³-hybridized carbons (Fsp3) is 0.409. The number of anilines is 1. The lowest BCUT2D eigenvalue weighted by Gasteiger charge is -2.21. The van der Waals surface area contributed by atoms with E-state index in [9.17, 15) is 9.18 Å². The first-order valence-corrected chi connectivity index (χ1v) is 10.0. The summed E-state index contributed by atoms with van der Waals surface area (Å²) in [5.41, 5.74) is 2.68. The Labute approximate surface area is 170 Å². The Bertz CT molecular complexity index is 847. The lowest BCUT2D eigenvalue weighted by Crippen LogP contribution is -2.39. The molecule has 1 saturated heterocycles. The van der Waals surface area contributed by atoms with Crippen LogP contribution in [0.2, 0.25) is 0 Å². The molecule has 2 aromatic carbocycles. The average Bonchev–Trinajstić information content (AvgIpc) is 3.22. The first-order chi connectivity index (χ1) is 14.2. The summed E-state index contributed by atoms with van der Waals surface area (Å²) in [5, 5.41) is 5.81. The molecule has 2 N–H and O–H groups in total. The first-order valence-electron chi connectivity index (χ1n) is 10.0. The van der Waals surface area contributed by atoms with Crippen LogP contribution in [0.5, 0.6) is 5.75 Å². The van der Waals surface area contributed by atoms with Crippen LogP contribution in [0, 0.1) is 11.7 Å². The molecule has 29 heavy (non-hydrogen) atoms. The average molecular weight is 399 g/mol. The Morgan fingerprint density at radius 1 is 1.21 bits per heavy atom.